The van der Waals surface area contributed by atoms with Gasteiger partial charge in [-0.2, -0.15) is 0 Å². The van der Waals surface area contributed by atoms with E-state index in [0.717, 1.165) is 56.2 Å². The van der Waals surface area contributed by atoms with E-state index in [1.165, 1.54) is 28.5 Å². The van der Waals surface area contributed by atoms with E-state index in [-0.39, 0.29) is 6.03 Å². The lowest BCUT2D eigenvalue weighted by Gasteiger charge is -2.16. The molecule has 0 saturated carbocycles. The van der Waals surface area contributed by atoms with Crippen LogP contribution in [0.2, 0.25) is 0 Å². The van der Waals surface area contributed by atoms with Crippen molar-refractivity contribution in [3.8, 4) is 0 Å². The number of aryl methyl sites for hydroxylation is 2. The molecule has 1 aromatic carbocycles. The van der Waals surface area contributed by atoms with Crippen molar-refractivity contribution in [2.24, 2.45) is 0 Å². The Hall–Kier alpha value is -1.99. The van der Waals surface area contributed by atoms with E-state index in [9.17, 15) is 9.90 Å². The smallest absolute Gasteiger partial charge is 0.329 e. The van der Waals surface area contributed by atoms with Crippen molar-refractivity contribution in [1.82, 2.24) is 9.71 Å². The number of carbonyl (C=O) groups is 1. The van der Waals surface area contributed by atoms with Crippen LogP contribution in [0.5, 0.6) is 0 Å². The minimum Gasteiger partial charge on any atom is -0.432 e. The van der Waals surface area contributed by atoms with Crippen LogP contribution in [0.1, 0.15) is 54.7 Å². The fourth-order valence-electron chi connectivity index (χ4n) is 3.78. The van der Waals surface area contributed by atoms with Gasteiger partial charge in [-0.3, -0.25) is 4.72 Å². The van der Waals surface area contributed by atoms with Gasteiger partial charge >= 0.3 is 6.03 Å². The molecule has 138 valence electrons. The molecule has 0 radical (unpaired) electrons. The maximum atomic E-state index is 12.4. The number of nitrogens with zero attached hydrogens (tertiary/aromatic N) is 1. The topological polar surface area (TPSA) is 87.4 Å². The van der Waals surface area contributed by atoms with Crippen LogP contribution in [0.25, 0.3) is 0 Å². The second-order valence-corrected chi connectivity index (χ2v) is 8.20. The van der Waals surface area contributed by atoms with Gasteiger partial charge < -0.3 is 14.8 Å². The van der Waals surface area contributed by atoms with Crippen molar-refractivity contribution in [1.29, 1.82) is 0 Å². The van der Waals surface area contributed by atoms with Gasteiger partial charge in [-0.1, -0.05) is 6.07 Å². The summed E-state index contributed by atoms with van der Waals surface area (Å²) >= 11 is 1.00. The molecule has 1 heterocycles. The van der Waals surface area contributed by atoms with Gasteiger partial charge in [0.15, 0.2) is 5.76 Å². The van der Waals surface area contributed by atoms with Gasteiger partial charge in [0, 0.05) is 17.6 Å². The number of oxazole rings is 1. The molecule has 0 atom stereocenters. The highest BCUT2D eigenvalue weighted by molar-refractivity contribution is 7.97. The average molecular weight is 373 g/mol. The molecule has 0 saturated heterocycles. The summed E-state index contributed by atoms with van der Waals surface area (Å²) in [5.74, 6) is 0.362. The van der Waals surface area contributed by atoms with Gasteiger partial charge in [0.2, 0.25) is 0 Å². The van der Waals surface area contributed by atoms with Crippen molar-refractivity contribution in [3.05, 3.63) is 40.3 Å². The van der Waals surface area contributed by atoms with Crippen LogP contribution in [-0.4, -0.2) is 16.1 Å². The molecule has 0 aliphatic heterocycles. The predicted molar refractivity (Wildman–Crippen MR) is 100 cm³/mol. The summed E-state index contributed by atoms with van der Waals surface area (Å²) in [6.07, 6.45) is 8.03. The zero-order valence-corrected chi connectivity index (χ0v) is 15.8. The predicted octanol–water partition coefficient (Wildman–Crippen LogP) is 3.71. The number of amides is 2. The Kier molecular flexibility index (Phi) is 4.44. The number of fused-ring (bicyclic) bond motifs is 2. The number of hydrogen-bond acceptors (Lipinski definition) is 5. The molecule has 0 spiro atoms. The number of hydrogen-bond donors (Lipinski definition) is 3. The van der Waals surface area contributed by atoms with Gasteiger partial charge in [0.05, 0.1) is 6.20 Å². The molecule has 0 fully saturated rings. The summed E-state index contributed by atoms with van der Waals surface area (Å²) in [4.78, 5) is 16.5. The lowest BCUT2D eigenvalue weighted by Crippen LogP contribution is -2.24. The van der Waals surface area contributed by atoms with Gasteiger partial charge in [-0.25, -0.2) is 9.78 Å². The standard InChI is InChI=1S/C19H23N3O3S/c1-19(2,24)15-10-20-18(25-15)26-22-17(23)21-16-13-7-3-5-11(13)9-12-6-4-8-14(12)16/h9-10,24H,3-8H2,1-2H3,(H2,21,22,23). The molecule has 6 nitrogen and oxygen atoms in total. The fourth-order valence-corrected chi connectivity index (χ4v) is 4.25. The van der Waals surface area contributed by atoms with Gasteiger partial charge in [0.1, 0.15) is 5.60 Å². The van der Waals surface area contributed by atoms with Gasteiger partial charge in [0.25, 0.3) is 5.22 Å². The molecular weight excluding hydrogens is 350 g/mol. The number of benzene rings is 1. The third kappa shape index (κ3) is 3.33. The van der Waals surface area contributed by atoms with E-state index >= 15 is 0 Å². The molecule has 2 aliphatic carbocycles. The zero-order valence-electron chi connectivity index (χ0n) is 15.0. The second kappa shape index (κ2) is 6.63. The quantitative estimate of drug-likeness (QED) is 0.711. The summed E-state index contributed by atoms with van der Waals surface area (Å²) < 4.78 is 8.18. The van der Waals surface area contributed by atoms with Crippen LogP contribution >= 0.6 is 11.9 Å². The maximum absolute atomic E-state index is 12.4. The van der Waals surface area contributed by atoms with E-state index < -0.39 is 5.60 Å². The van der Waals surface area contributed by atoms with Crippen molar-refractivity contribution in [3.63, 3.8) is 0 Å². The van der Waals surface area contributed by atoms with Crippen molar-refractivity contribution >= 4 is 23.7 Å². The Balaban J connectivity index is 1.45. The lowest BCUT2D eigenvalue weighted by molar-refractivity contribution is 0.0503. The second-order valence-electron chi connectivity index (χ2n) is 7.44. The first-order chi connectivity index (χ1) is 12.4. The zero-order chi connectivity index (χ0) is 18.3. The fraction of sp³-hybridized carbons (Fsp3) is 0.474. The molecule has 2 amide bonds. The Morgan fingerprint density at radius 2 is 1.85 bits per heavy atom. The largest absolute Gasteiger partial charge is 0.432 e. The Bertz CT molecular complexity index is 822. The normalized spacial score (nSPS) is 15.7. The maximum Gasteiger partial charge on any atom is 0.329 e. The van der Waals surface area contributed by atoms with Gasteiger partial charge in [-0.05, 0) is 74.6 Å². The van der Waals surface area contributed by atoms with Crippen molar-refractivity contribution < 1.29 is 14.3 Å². The summed E-state index contributed by atoms with van der Waals surface area (Å²) in [5.41, 5.74) is 5.28. The first-order valence-corrected chi connectivity index (χ1v) is 9.82. The molecule has 26 heavy (non-hydrogen) atoms. The highest BCUT2D eigenvalue weighted by Gasteiger charge is 2.25. The lowest BCUT2D eigenvalue weighted by atomic mass is 9.99. The third-order valence-electron chi connectivity index (χ3n) is 5.03. The van der Waals surface area contributed by atoms with Gasteiger partial charge in [-0.15, -0.1) is 0 Å². The number of aliphatic hydroxyl groups is 1. The average Bonchev–Trinajstić information content (AvgIpc) is 3.31. The van der Waals surface area contributed by atoms with E-state index in [2.05, 4.69) is 21.1 Å². The molecule has 3 N–H and O–H groups in total. The number of carbonyl (C=O) groups excluding carboxylic acids is 1. The van der Waals surface area contributed by atoms with E-state index in [0.29, 0.717) is 11.0 Å². The first-order valence-electron chi connectivity index (χ1n) is 9.01. The van der Waals surface area contributed by atoms with E-state index in [4.69, 9.17) is 4.42 Å². The summed E-state index contributed by atoms with van der Waals surface area (Å²) in [6.45, 7) is 3.25. The minimum atomic E-state index is -1.10. The van der Waals surface area contributed by atoms with Crippen LogP contribution in [0.15, 0.2) is 21.9 Å². The highest BCUT2D eigenvalue weighted by Crippen LogP contribution is 2.38. The molecule has 2 aliphatic rings. The summed E-state index contributed by atoms with van der Waals surface area (Å²) in [6, 6.07) is 2.06. The number of aromatic nitrogens is 1. The Morgan fingerprint density at radius 3 is 2.42 bits per heavy atom. The molecule has 0 unspecified atom stereocenters. The number of rotatable bonds is 4. The summed E-state index contributed by atoms with van der Waals surface area (Å²) in [7, 11) is 0. The SMILES string of the molecule is CC(C)(O)c1cnc(SNC(=O)Nc2c3c(cc4c2CCC4)CCC3)o1. The monoisotopic (exact) mass is 373 g/mol. The van der Waals surface area contributed by atoms with Crippen LogP contribution in [0.4, 0.5) is 10.5 Å². The molecule has 0 bridgehead atoms. The molecule has 2 aromatic rings. The van der Waals surface area contributed by atoms with Crippen molar-refractivity contribution in [2.75, 3.05) is 5.32 Å². The number of nitrogens with one attached hydrogen (secondary N) is 2. The Morgan fingerprint density at radius 1 is 1.19 bits per heavy atom. The van der Waals surface area contributed by atoms with Crippen LogP contribution in [0, 0.1) is 0 Å². The highest BCUT2D eigenvalue weighted by atomic mass is 32.2. The van der Waals surface area contributed by atoms with Crippen LogP contribution < -0.4 is 10.0 Å². The number of urea groups is 1. The van der Waals surface area contributed by atoms with E-state index in [1.807, 2.05) is 0 Å². The molecular formula is C19H23N3O3S. The van der Waals surface area contributed by atoms with Crippen LogP contribution in [0.3, 0.4) is 0 Å². The molecule has 7 heteroatoms. The molecule has 4 rings (SSSR count). The number of anilines is 1. The third-order valence-corrected chi connectivity index (χ3v) is 5.68. The first kappa shape index (κ1) is 17.4. The van der Waals surface area contributed by atoms with Crippen molar-refractivity contribution in [2.45, 2.75) is 63.2 Å². The van der Waals surface area contributed by atoms with E-state index in [1.54, 1.807) is 13.8 Å². The Labute approximate surface area is 156 Å². The minimum absolute atomic E-state index is 0.285. The summed E-state index contributed by atoms with van der Waals surface area (Å²) in [5, 5.41) is 13.3. The van der Waals surface area contributed by atoms with Crippen LogP contribution in [-0.2, 0) is 31.3 Å². The molecule has 1 aromatic heterocycles.